The predicted octanol–water partition coefficient (Wildman–Crippen LogP) is 3.63. The fourth-order valence-corrected chi connectivity index (χ4v) is 7.39. The van der Waals surface area contributed by atoms with Gasteiger partial charge in [0.25, 0.3) is 0 Å². The van der Waals surface area contributed by atoms with Crippen LogP contribution in [0.3, 0.4) is 0 Å². The highest BCUT2D eigenvalue weighted by Crippen LogP contribution is 2.56. The molecule has 4 atom stereocenters. The summed E-state index contributed by atoms with van der Waals surface area (Å²) in [4.78, 5) is 29.1. The SMILES string of the molecule is COC(=O)C[C@]1(C(=O)O[C@@H]2C(OC)=C[C@]34CCCN3CCc3cc5c(cc3[C@H]24)OCO5)CCCC(C)(C)O1. The first-order valence-corrected chi connectivity index (χ1v) is 13.6. The van der Waals surface area contributed by atoms with Crippen molar-refractivity contribution in [1.82, 2.24) is 4.90 Å². The third-order valence-electron chi connectivity index (χ3n) is 9.06. The lowest BCUT2D eigenvalue weighted by Gasteiger charge is -2.44. The number of fused-ring (bicyclic) bond motifs is 3. The highest BCUT2D eigenvalue weighted by Gasteiger charge is 2.60. The second kappa shape index (κ2) is 9.16. The number of hydrogen-bond acceptors (Lipinski definition) is 9. The largest absolute Gasteiger partial charge is 0.497 e. The molecule has 6 rings (SSSR count). The maximum Gasteiger partial charge on any atom is 0.339 e. The van der Waals surface area contributed by atoms with Gasteiger partial charge >= 0.3 is 11.9 Å². The average Bonchev–Trinajstić information content (AvgIpc) is 3.57. The van der Waals surface area contributed by atoms with E-state index in [2.05, 4.69) is 23.1 Å². The van der Waals surface area contributed by atoms with Gasteiger partial charge in [-0.1, -0.05) is 0 Å². The zero-order valence-corrected chi connectivity index (χ0v) is 22.7. The Bertz CT molecular complexity index is 1180. The molecule has 0 bridgehead atoms. The lowest BCUT2D eigenvalue weighted by Crippen LogP contribution is -2.54. The summed E-state index contributed by atoms with van der Waals surface area (Å²) in [6.07, 6.45) is 6.07. The van der Waals surface area contributed by atoms with Crippen molar-refractivity contribution in [3.63, 3.8) is 0 Å². The summed E-state index contributed by atoms with van der Waals surface area (Å²) >= 11 is 0. The maximum absolute atomic E-state index is 14.1. The van der Waals surface area contributed by atoms with Crippen LogP contribution in [0.15, 0.2) is 24.0 Å². The summed E-state index contributed by atoms with van der Waals surface area (Å²) in [6, 6.07) is 4.13. The normalized spacial score (nSPS) is 32.9. The van der Waals surface area contributed by atoms with E-state index in [1.165, 1.54) is 12.7 Å². The van der Waals surface area contributed by atoms with Crippen molar-refractivity contribution in [3.8, 4) is 11.5 Å². The lowest BCUT2D eigenvalue weighted by atomic mass is 9.77. The monoisotopic (exact) mass is 527 g/mol. The molecule has 4 aliphatic heterocycles. The van der Waals surface area contributed by atoms with Gasteiger partial charge in [0.15, 0.2) is 23.2 Å². The molecule has 0 radical (unpaired) electrons. The number of rotatable bonds is 5. The van der Waals surface area contributed by atoms with Crippen LogP contribution < -0.4 is 9.47 Å². The minimum Gasteiger partial charge on any atom is -0.497 e. The molecule has 4 heterocycles. The molecule has 9 nitrogen and oxygen atoms in total. The molecule has 2 saturated heterocycles. The van der Waals surface area contributed by atoms with Crippen LogP contribution in [0.1, 0.15) is 69.4 Å². The van der Waals surface area contributed by atoms with Crippen molar-refractivity contribution in [2.75, 3.05) is 34.1 Å². The molecule has 1 aliphatic carbocycles. The van der Waals surface area contributed by atoms with Crippen LogP contribution >= 0.6 is 0 Å². The molecule has 0 aromatic heterocycles. The van der Waals surface area contributed by atoms with Crippen LogP contribution in [0.5, 0.6) is 11.5 Å². The van der Waals surface area contributed by atoms with Gasteiger partial charge in [-0.2, -0.15) is 0 Å². The highest BCUT2D eigenvalue weighted by molar-refractivity contribution is 5.86. The van der Waals surface area contributed by atoms with Gasteiger partial charge in [-0.3, -0.25) is 9.69 Å². The van der Waals surface area contributed by atoms with E-state index in [9.17, 15) is 9.59 Å². The summed E-state index contributed by atoms with van der Waals surface area (Å²) in [5.41, 5.74) is -0.0682. The molecule has 1 aromatic carbocycles. The first-order valence-electron chi connectivity index (χ1n) is 13.6. The van der Waals surface area contributed by atoms with Crippen LogP contribution in [0.25, 0.3) is 0 Å². The topological polar surface area (TPSA) is 92.8 Å². The van der Waals surface area contributed by atoms with Crippen LogP contribution in [0, 0.1) is 0 Å². The van der Waals surface area contributed by atoms with E-state index in [-0.39, 0.29) is 24.7 Å². The van der Waals surface area contributed by atoms with Gasteiger partial charge in [0.05, 0.1) is 37.7 Å². The Hall–Kier alpha value is -2.78. The molecule has 5 aliphatic rings. The third kappa shape index (κ3) is 3.97. The van der Waals surface area contributed by atoms with Gasteiger partial charge in [-0.25, -0.2) is 4.79 Å². The van der Waals surface area contributed by atoms with Gasteiger partial charge in [0, 0.05) is 6.54 Å². The Morgan fingerprint density at radius 1 is 1.05 bits per heavy atom. The van der Waals surface area contributed by atoms with E-state index in [4.69, 9.17) is 28.4 Å². The molecule has 206 valence electrons. The summed E-state index contributed by atoms with van der Waals surface area (Å²) in [7, 11) is 2.95. The molecule has 0 amide bonds. The molecule has 0 saturated carbocycles. The van der Waals surface area contributed by atoms with Crippen molar-refractivity contribution in [2.24, 2.45) is 0 Å². The Morgan fingerprint density at radius 2 is 1.84 bits per heavy atom. The fourth-order valence-electron chi connectivity index (χ4n) is 7.39. The summed E-state index contributed by atoms with van der Waals surface area (Å²) in [5.74, 6) is 0.852. The molecule has 9 heteroatoms. The van der Waals surface area contributed by atoms with Gasteiger partial charge in [-0.15, -0.1) is 0 Å². The number of carbonyl (C=O) groups excluding carboxylic acids is 2. The first kappa shape index (κ1) is 25.5. The Labute approximate surface area is 223 Å². The number of carbonyl (C=O) groups is 2. The number of hydrogen-bond donors (Lipinski definition) is 0. The number of esters is 2. The van der Waals surface area contributed by atoms with Gasteiger partial charge < -0.3 is 28.4 Å². The van der Waals surface area contributed by atoms with Crippen molar-refractivity contribution in [3.05, 3.63) is 35.1 Å². The van der Waals surface area contributed by atoms with Gasteiger partial charge in [0.2, 0.25) is 6.79 Å². The predicted molar refractivity (Wildman–Crippen MR) is 136 cm³/mol. The summed E-state index contributed by atoms with van der Waals surface area (Å²) in [5, 5.41) is 0. The van der Waals surface area contributed by atoms with E-state index in [0.717, 1.165) is 56.5 Å². The second-order valence-corrected chi connectivity index (χ2v) is 11.8. The van der Waals surface area contributed by atoms with E-state index < -0.39 is 29.2 Å². The lowest BCUT2D eigenvalue weighted by molar-refractivity contribution is -0.216. The molecule has 1 aromatic rings. The number of benzene rings is 1. The highest BCUT2D eigenvalue weighted by atomic mass is 16.7. The molecule has 38 heavy (non-hydrogen) atoms. The zero-order valence-electron chi connectivity index (χ0n) is 22.7. The second-order valence-electron chi connectivity index (χ2n) is 11.8. The zero-order chi connectivity index (χ0) is 26.7. The Kier molecular flexibility index (Phi) is 6.14. The quantitative estimate of drug-likeness (QED) is 0.532. The molecule has 1 spiro atoms. The summed E-state index contributed by atoms with van der Waals surface area (Å²) in [6.45, 7) is 5.94. The van der Waals surface area contributed by atoms with E-state index in [1.807, 2.05) is 13.8 Å². The number of methoxy groups -OCH3 is 2. The van der Waals surface area contributed by atoms with Crippen LogP contribution in [0.4, 0.5) is 0 Å². The van der Waals surface area contributed by atoms with E-state index >= 15 is 0 Å². The van der Waals surface area contributed by atoms with E-state index in [0.29, 0.717) is 17.9 Å². The van der Waals surface area contributed by atoms with Crippen LogP contribution in [-0.4, -0.2) is 73.8 Å². The van der Waals surface area contributed by atoms with E-state index in [1.54, 1.807) is 7.11 Å². The third-order valence-corrected chi connectivity index (χ3v) is 9.06. The molecular formula is C29H37NO8. The number of ether oxygens (including phenoxy) is 6. The smallest absolute Gasteiger partial charge is 0.339 e. The fraction of sp³-hybridized carbons (Fsp3) is 0.655. The average molecular weight is 528 g/mol. The Morgan fingerprint density at radius 3 is 2.58 bits per heavy atom. The maximum atomic E-state index is 14.1. The first-order chi connectivity index (χ1) is 18.2. The van der Waals surface area contributed by atoms with Crippen molar-refractivity contribution in [2.45, 2.75) is 87.6 Å². The minimum atomic E-state index is -1.42. The minimum absolute atomic E-state index is 0.192. The van der Waals surface area contributed by atoms with Crippen LogP contribution in [-0.2, 0) is 35.0 Å². The standard InChI is InChI=1S/C29H37NO8/c1-27(2)8-5-10-29(38-27,16-23(31)34-4)26(32)37-25-22(33-3)15-28-9-6-11-30(28)12-7-18-13-20-21(36-17-35-20)14-19(18)24(25)28/h13-15,24-25H,5-12,16-17H2,1-4H3/t24-,25-,28+,29+/m1/s1. The van der Waals surface area contributed by atoms with Crippen LogP contribution in [0.2, 0.25) is 0 Å². The van der Waals surface area contributed by atoms with Crippen molar-refractivity contribution < 1.29 is 38.0 Å². The summed E-state index contributed by atoms with van der Waals surface area (Å²) < 4.78 is 35.1. The molecule has 0 unspecified atom stereocenters. The Balaban J connectivity index is 1.41. The van der Waals surface area contributed by atoms with Gasteiger partial charge in [0.1, 0.15) is 5.76 Å². The molecule has 0 N–H and O–H groups in total. The van der Waals surface area contributed by atoms with Gasteiger partial charge in [-0.05, 0) is 88.3 Å². The van der Waals surface area contributed by atoms with Crippen molar-refractivity contribution in [1.29, 1.82) is 0 Å². The van der Waals surface area contributed by atoms with Crippen molar-refractivity contribution >= 4 is 11.9 Å². The number of nitrogens with zero attached hydrogens (tertiary/aromatic N) is 1. The molecule has 2 fully saturated rings. The molecular weight excluding hydrogens is 490 g/mol.